The zero-order chi connectivity index (χ0) is 18.1. The van der Waals surface area contributed by atoms with Gasteiger partial charge in [-0.1, -0.05) is 13.8 Å². The van der Waals surface area contributed by atoms with Gasteiger partial charge in [0.1, 0.15) is 5.54 Å². The number of halogens is 2. The number of hydrogen-bond donors (Lipinski definition) is 2. The van der Waals surface area contributed by atoms with Crippen LogP contribution in [0.2, 0.25) is 0 Å². The van der Waals surface area contributed by atoms with Gasteiger partial charge in [0.25, 0.3) is 0 Å². The topological polar surface area (TPSA) is 89.7 Å². The van der Waals surface area contributed by atoms with Gasteiger partial charge in [-0.2, -0.15) is 0 Å². The molecule has 10 heteroatoms. The lowest BCUT2D eigenvalue weighted by Crippen LogP contribution is -2.74. The lowest BCUT2D eigenvalue weighted by Gasteiger charge is -2.57. The van der Waals surface area contributed by atoms with Gasteiger partial charge in [-0.25, -0.2) is 4.98 Å². The minimum absolute atomic E-state index is 0. The highest BCUT2D eigenvalue weighted by Gasteiger charge is 2.63. The van der Waals surface area contributed by atoms with E-state index < -0.39 is 11.0 Å². The molecule has 3 rings (SSSR count). The second kappa shape index (κ2) is 9.82. The average molecular weight is 441 g/mol. The molecule has 27 heavy (non-hydrogen) atoms. The van der Waals surface area contributed by atoms with E-state index in [0.29, 0.717) is 18.2 Å². The van der Waals surface area contributed by atoms with E-state index in [1.165, 1.54) is 11.3 Å². The summed E-state index contributed by atoms with van der Waals surface area (Å²) in [5.41, 5.74) is 6.05. The number of morpholine rings is 1. The summed E-state index contributed by atoms with van der Waals surface area (Å²) in [4.78, 5) is 19.6. The van der Waals surface area contributed by atoms with Crippen molar-refractivity contribution >= 4 is 47.2 Å². The molecule has 1 amide bonds. The molecule has 2 heterocycles. The maximum Gasteiger partial charge on any atom is 0.246 e. The molecule has 7 nitrogen and oxygen atoms in total. The Morgan fingerprint density at radius 1 is 1.44 bits per heavy atom. The Morgan fingerprint density at radius 3 is 2.70 bits per heavy atom. The standard InChI is InChI=1S/C17H28N4O3S.2ClH/c1-4-24-13-9-17(18,16(13,2)3)14(22)20-15-19-12(11-25-15)10-21-5-7-23-8-6-21;;/h11,13H,4-10,18H2,1-3H3,(H,19,20,22);2*1H. The molecule has 2 aliphatic rings. The molecule has 1 aliphatic carbocycles. The van der Waals surface area contributed by atoms with Gasteiger partial charge in [0.15, 0.2) is 5.13 Å². The minimum atomic E-state index is -0.928. The van der Waals surface area contributed by atoms with Crippen LogP contribution < -0.4 is 11.1 Å². The average Bonchev–Trinajstić information content (AvgIpc) is 3.02. The summed E-state index contributed by atoms with van der Waals surface area (Å²) in [6.07, 6.45) is 0.549. The van der Waals surface area contributed by atoms with Crippen LogP contribution in [0.4, 0.5) is 5.13 Å². The minimum Gasteiger partial charge on any atom is -0.379 e. The van der Waals surface area contributed by atoms with Crippen LogP contribution in [0.1, 0.15) is 32.9 Å². The van der Waals surface area contributed by atoms with Crippen LogP contribution in [0.25, 0.3) is 0 Å². The summed E-state index contributed by atoms with van der Waals surface area (Å²) in [6, 6.07) is 0. The molecule has 0 radical (unpaired) electrons. The normalized spacial score (nSPS) is 27.0. The van der Waals surface area contributed by atoms with Crippen LogP contribution >= 0.6 is 36.2 Å². The third-order valence-electron chi connectivity index (χ3n) is 5.50. The Labute approximate surface area is 177 Å². The molecule has 0 bridgehead atoms. The number of hydrogen-bond acceptors (Lipinski definition) is 7. The first-order chi connectivity index (χ1) is 11.9. The van der Waals surface area contributed by atoms with Gasteiger partial charge in [-0.3, -0.25) is 9.69 Å². The van der Waals surface area contributed by atoms with Gasteiger partial charge in [-0.05, 0) is 6.92 Å². The first-order valence-corrected chi connectivity index (χ1v) is 9.71. The Hall–Kier alpha value is -0.480. The van der Waals surface area contributed by atoms with Crippen molar-refractivity contribution in [1.82, 2.24) is 9.88 Å². The van der Waals surface area contributed by atoms with E-state index in [-0.39, 0.29) is 36.8 Å². The van der Waals surface area contributed by atoms with Crippen LogP contribution in [0.5, 0.6) is 0 Å². The molecule has 1 saturated heterocycles. The predicted molar refractivity (Wildman–Crippen MR) is 112 cm³/mol. The fourth-order valence-electron chi connectivity index (χ4n) is 3.45. The summed E-state index contributed by atoms with van der Waals surface area (Å²) in [6.45, 7) is 10.7. The zero-order valence-corrected chi connectivity index (χ0v) is 18.5. The zero-order valence-electron chi connectivity index (χ0n) is 16.0. The predicted octanol–water partition coefficient (Wildman–Crippen LogP) is 2.29. The molecule has 3 N–H and O–H groups in total. The number of carbonyl (C=O) groups excluding carboxylic acids is 1. The van der Waals surface area contributed by atoms with Gasteiger partial charge in [0.2, 0.25) is 5.91 Å². The quantitative estimate of drug-likeness (QED) is 0.704. The molecule has 1 aromatic rings. The number of nitrogens with zero attached hydrogens (tertiary/aromatic N) is 2. The Morgan fingerprint density at radius 2 is 2.11 bits per heavy atom. The summed E-state index contributed by atoms with van der Waals surface area (Å²) in [7, 11) is 0. The van der Waals surface area contributed by atoms with Crippen molar-refractivity contribution in [3.05, 3.63) is 11.1 Å². The van der Waals surface area contributed by atoms with E-state index in [2.05, 4.69) is 15.2 Å². The summed E-state index contributed by atoms with van der Waals surface area (Å²) >= 11 is 1.44. The van der Waals surface area contributed by atoms with E-state index in [1.807, 2.05) is 26.2 Å². The number of nitrogens with one attached hydrogen (secondary N) is 1. The van der Waals surface area contributed by atoms with Crippen molar-refractivity contribution in [2.45, 2.75) is 45.4 Å². The Kier molecular flexibility index (Phi) is 8.94. The van der Waals surface area contributed by atoms with Crippen molar-refractivity contribution < 1.29 is 14.3 Å². The van der Waals surface area contributed by atoms with Crippen molar-refractivity contribution in [2.75, 3.05) is 38.2 Å². The van der Waals surface area contributed by atoms with Crippen LogP contribution in [0, 0.1) is 5.41 Å². The molecular formula is C17H30Cl2N4O3S. The fraction of sp³-hybridized carbons (Fsp3) is 0.765. The van der Waals surface area contributed by atoms with Gasteiger partial charge < -0.3 is 20.5 Å². The summed E-state index contributed by atoms with van der Waals surface area (Å²) in [5.74, 6) is -0.180. The van der Waals surface area contributed by atoms with Crippen LogP contribution in [0.3, 0.4) is 0 Å². The lowest BCUT2D eigenvalue weighted by molar-refractivity contribution is -0.166. The van der Waals surface area contributed by atoms with E-state index in [0.717, 1.165) is 38.5 Å². The molecule has 0 spiro atoms. The maximum absolute atomic E-state index is 12.7. The molecule has 156 valence electrons. The highest BCUT2D eigenvalue weighted by atomic mass is 35.5. The Balaban J connectivity index is 0.00000182. The molecule has 2 unspecified atom stereocenters. The van der Waals surface area contributed by atoms with Gasteiger partial charge in [-0.15, -0.1) is 36.2 Å². The third kappa shape index (κ3) is 4.93. The number of carbonyl (C=O) groups is 1. The summed E-state index contributed by atoms with van der Waals surface area (Å²) in [5, 5.41) is 5.50. The van der Waals surface area contributed by atoms with Crippen LogP contribution in [-0.4, -0.2) is 60.3 Å². The number of thiazole rings is 1. The third-order valence-corrected chi connectivity index (χ3v) is 6.30. The second-order valence-corrected chi connectivity index (χ2v) is 8.19. The molecule has 1 saturated carbocycles. The van der Waals surface area contributed by atoms with E-state index in [1.54, 1.807) is 0 Å². The van der Waals surface area contributed by atoms with Gasteiger partial charge in [0, 0.05) is 43.5 Å². The lowest BCUT2D eigenvalue weighted by atomic mass is 9.54. The van der Waals surface area contributed by atoms with E-state index in [4.69, 9.17) is 15.2 Å². The second-order valence-electron chi connectivity index (χ2n) is 7.33. The number of ether oxygens (including phenoxy) is 2. The van der Waals surface area contributed by atoms with Crippen molar-refractivity contribution in [3.63, 3.8) is 0 Å². The van der Waals surface area contributed by atoms with E-state index >= 15 is 0 Å². The molecule has 2 fully saturated rings. The monoisotopic (exact) mass is 440 g/mol. The highest BCUT2D eigenvalue weighted by molar-refractivity contribution is 7.13. The van der Waals surface area contributed by atoms with Gasteiger partial charge >= 0.3 is 0 Å². The van der Waals surface area contributed by atoms with E-state index in [9.17, 15) is 4.79 Å². The van der Waals surface area contributed by atoms with Crippen LogP contribution in [0.15, 0.2) is 5.38 Å². The first kappa shape index (κ1) is 24.6. The number of aromatic nitrogens is 1. The van der Waals surface area contributed by atoms with Crippen LogP contribution in [-0.2, 0) is 20.8 Å². The molecule has 1 aromatic heterocycles. The number of amides is 1. The molecular weight excluding hydrogens is 411 g/mol. The molecule has 0 aromatic carbocycles. The Bertz CT molecular complexity index is 625. The van der Waals surface area contributed by atoms with Gasteiger partial charge in [0.05, 0.1) is 25.0 Å². The smallest absolute Gasteiger partial charge is 0.246 e. The summed E-state index contributed by atoms with van der Waals surface area (Å²) < 4.78 is 11.0. The van der Waals surface area contributed by atoms with Crippen molar-refractivity contribution in [3.8, 4) is 0 Å². The van der Waals surface area contributed by atoms with Crippen molar-refractivity contribution in [2.24, 2.45) is 11.1 Å². The maximum atomic E-state index is 12.7. The van der Waals surface area contributed by atoms with Crippen molar-refractivity contribution in [1.29, 1.82) is 0 Å². The number of nitrogens with two attached hydrogens (primary N) is 1. The molecule has 2 atom stereocenters. The number of rotatable bonds is 6. The molecule has 1 aliphatic heterocycles. The highest BCUT2D eigenvalue weighted by Crippen LogP contribution is 2.50. The fourth-order valence-corrected chi connectivity index (χ4v) is 4.15. The first-order valence-electron chi connectivity index (χ1n) is 8.83. The largest absolute Gasteiger partial charge is 0.379 e. The SMILES string of the molecule is CCOC1CC(N)(C(=O)Nc2nc(CN3CCOCC3)cs2)C1(C)C.Cl.Cl. The number of anilines is 1.